The Labute approximate surface area is 116 Å². The average molecular weight is 273 g/mol. The second-order valence-corrected chi connectivity index (χ2v) is 5.05. The van der Waals surface area contributed by atoms with Gasteiger partial charge in [-0.2, -0.15) is 0 Å². The van der Waals surface area contributed by atoms with Gasteiger partial charge < -0.3 is 10.6 Å². The molecule has 0 bridgehead atoms. The third kappa shape index (κ3) is 2.17. The van der Waals surface area contributed by atoms with Crippen molar-refractivity contribution >= 4 is 28.9 Å². The van der Waals surface area contributed by atoms with E-state index in [2.05, 4.69) is 0 Å². The number of anilines is 2. The van der Waals surface area contributed by atoms with Gasteiger partial charge in [0.1, 0.15) is 0 Å². The summed E-state index contributed by atoms with van der Waals surface area (Å²) in [6.07, 6.45) is 0.471. The van der Waals surface area contributed by atoms with Crippen LogP contribution in [0.1, 0.15) is 11.1 Å². The number of rotatable bonds is 2. The Morgan fingerprint density at radius 1 is 1.21 bits per heavy atom. The Kier molecular flexibility index (Phi) is 2.91. The third-order valence-corrected chi connectivity index (χ3v) is 3.67. The van der Waals surface area contributed by atoms with E-state index in [1.165, 1.54) is 0 Å². The summed E-state index contributed by atoms with van der Waals surface area (Å²) in [5.41, 5.74) is 9.37. The number of nitrogen functional groups attached to an aromatic ring is 1. The van der Waals surface area contributed by atoms with Crippen LogP contribution >= 0.6 is 11.6 Å². The highest BCUT2D eigenvalue weighted by Crippen LogP contribution is 2.30. The van der Waals surface area contributed by atoms with Gasteiger partial charge in [-0.05, 0) is 29.3 Å². The molecule has 19 heavy (non-hydrogen) atoms. The minimum absolute atomic E-state index is 0.120. The summed E-state index contributed by atoms with van der Waals surface area (Å²) in [6, 6.07) is 13.3. The summed E-state index contributed by atoms with van der Waals surface area (Å²) in [5, 5.41) is 0.539. The molecule has 3 nitrogen and oxygen atoms in total. The summed E-state index contributed by atoms with van der Waals surface area (Å²) in [7, 11) is 0. The highest BCUT2D eigenvalue weighted by atomic mass is 35.5. The second kappa shape index (κ2) is 4.59. The van der Waals surface area contributed by atoms with Crippen molar-refractivity contribution < 1.29 is 4.79 Å². The lowest BCUT2D eigenvalue weighted by Crippen LogP contribution is -2.26. The van der Waals surface area contributed by atoms with Crippen LogP contribution in [0.3, 0.4) is 0 Å². The second-order valence-electron chi connectivity index (χ2n) is 4.64. The molecular formula is C15H13ClN2O. The molecule has 3 rings (SSSR count). The van der Waals surface area contributed by atoms with E-state index in [-0.39, 0.29) is 5.91 Å². The van der Waals surface area contributed by atoms with Crippen molar-refractivity contribution in [1.82, 2.24) is 0 Å². The van der Waals surface area contributed by atoms with Crippen molar-refractivity contribution in [3.8, 4) is 0 Å². The maximum absolute atomic E-state index is 12.1. The fourth-order valence-corrected chi connectivity index (χ4v) is 2.48. The van der Waals surface area contributed by atoms with Crippen LogP contribution in [0.4, 0.5) is 11.4 Å². The lowest BCUT2D eigenvalue weighted by molar-refractivity contribution is -0.117. The molecule has 0 atom stereocenters. The van der Waals surface area contributed by atoms with E-state index in [9.17, 15) is 4.79 Å². The predicted molar refractivity (Wildman–Crippen MR) is 77.2 cm³/mol. The molecule has 2 N–H and O–H groups in total. The number of nitrogens with zero attached hydrogens (tertiary/aromatic N) is 1. The van der Waals surface area contributed by atoms with Gasteiger partial charge in [0.05, 0.1) is 23.7 Å². The molecule has 0 saturated heterocycles. The van der Waals surface area contributed by atoms with Crippen molar-refractivity contribution in [2.75, 3.05) is 10.6 Å². The van der Waals surface area contributed by atoms with Gasteiger partial charge in [0.15, 0.2) is 0 Å². The lowest BCUT2D eigenvalue weighted by Gasteiger charge is -2.18. The molecule has 1 aliphatic heterocycles. The minimum atomic E-state index is 0.120. The summed E-state index contributed by atoms with van der Waals surface area (Å²) in [6.45, 7) is 0.525. The standard InChI is InChI=1S/C15H13ClN2O/c16-12-6-5-10(7-13(12)17)9-18-14-4-2-1-3-11(14)8-15(18)19/h1-7H,8-9,17H2. The van der Waals surface area contributed by atoms with E-state index >= 15 is 0 Å². The molecule has 1 heterocycles. The Hall–Kier alpha value is -2.00. The Morgan fingerprint density at radius 3 is 2.79 bits per heavy atom. The van der Waals surface area contributed by atoms with Gasteiger partial charge in [-0.25, -0.2) is 0 Å². The van der Waals surface area contributed by atoms with Crippen LogP contribution in [-0.2, 0) is 17.8 Å². The number of halogens is 1. The molecule has 0 fully saturated rings. The van der Waals surface area contributed by atoms with Crippen LogP contribution in [0.25, 0.3) is 0 Å². The maximum Gasteiger partial charge on any atom is 0.231 e. The molecule has 0 aromatic heterocycles. The van der Waals surface area contributed by atoms with Gasteiger partial charge in [0.2, 0.25) is 5.91 Å². The summed E-state index contributed by atoms with van der Waals surface area (Å²) < 4.78 is 0. The van der Waals surface area contributed by atoms with E-state index in [0.29, 0.717) is 23.7 Å². The number of nitrogens with two attached hydrogens (primary N) is 1. The Morgan fingerprint density at radius 2 is 2.00 bits per heavy atom. The average Bonchev–Trinajstić information content (AvgIpc) is 2.71. The first kappa shape index (κ1) is 12.1. The molecule has 0 radical (unpaired) electrons. The number of hydrogen-bond donors (Lipinski definition) is 1. The molecule has 1 amide bonds. The van der Waals surface area contributed by atoms with Crippen molar-refractivity contribution in [2.24, 2.45) is 0 Å². The van der Waals surface area contributed by atoms with Crippen LogP contribution in [0.2, 0.25) is 5.02 Å². The molecule has 0 saturated carbocycles. The number of amides is 1. The Bertz CT molecular complexity index is 654. The summed E-state index contributed by atoms with van der Waals surface area (Å²) in [5.74, 6) is 0.120. The van der Waals surface area contributed by atoms with E-state index < -0.39 is 0 Å². The Balaban J connectivity index is 1.91. The van der Waals surface area contributed by atoms with Crippen molar-refractivity contribution in [3.05, 3.63) is 58.6 Å². The smallest absolute Gasteiger partial charge is 0.231 e. The van der Waals surface area contributed by atoms with E-state index in [0.717, 1.165) is 16.8 Å². The first-order chi connectivity index (χ1) is 9.15. The monoisotopic (exact) mass is 272 g/mol. The lowest BCUT2D eigenvalue weighted by atomic mass is 10.1. The first-order valence-corrected chi connectivity index (χ1v) is 6.45. The zero-order valence-electron chi connectivity index (χ0n) is 10.3. The van der Waals surface area contributed by atoms with Crippen molar-refractivity contribution in [1.29, 1.82) is 0 Å². The molecule has 0 aliphatic carbocycles. The largest absolute Gasteiger partial charge is 0.398 e. The minimum Gasteiger partial charge on any atom is -0.398 e. The highest BCUT2D eigenvalue weighted by Gasteiger charge is 2.26. The van der Waals surface area contributed by atoms with Gasteiger partial charge in [0, 0.05) is 5.69 Å². The van der Waals surface area contributed by atoms with Gasteiger partial charge in [-0.15, -0.1) is 0 Å². The maximum atomic E-state index is 12.1. The molecule has 2 aromatic rings. The summed E-state index contributed by atoms with van der Waals surface area (Å²) in [4.78, 5) is 13.8. The van der Waals surface area contributed by atoms with Crippen LogP contribution in [0.5, 0.6) is 0 Å². The summed E-state index contributed by atoms with van der Waals surface area (Å²) >= 11 is 5.90. The molecule has 4 heteroatoms. The normalized spacial score (nSPS) is 13.7. The molecule has 0 spiro atoms. The molecule has 0 unspecified atom stereocenters. The fraction of sp³-hybridized carbons (Fsp3) is 0.133. The molecule has 1 aliphatic rings. The number of benzene rings is 2. The predicted octanol–water partition coefficient (Wildman–Crippen LogP) is 3.01. The van der Waals surface area contributed by atoms with Gasteiger partial charge >= 0.3 is 0 Å². The molecule has 96 valence electrons. The van der Waals surface area contributed by atoms with Gasteiger partial charge in [-0.3, -0.25) is 4.79 Å². The van der Waals surface area contributed by atoms with Crippen LogP contribution < -0.4 is 10.6 Å². The van der Waals surface area contributed by atoms with Crippen molar-refractivity contribution in [3.63, 3.8) is 0 Å². The number of fused-ring (bicyclic) bond motifs is 1. The highest BCUT2D eigenvalue weighted by molar-refractivity contribution is 6.33. The van der Waals surface area contributed by atoms with Gasteiger partial charge in [-0.1, -0.05) is 35.9 Å². The quantitative estimate of drug-likeness (QED) is 0.854. The van der Waals surface area contributed by atoms with Crippen LogP contribution in [0, 0.1) is 0 Å². The van der Waals surface area contributed by atoms with Crippen LogP contribution in [-0.4, -0.2) is 5.91 Å². The number of hydrogen-bond acceptors (Lipinski definition) is 2. The first-order valence-electron chi connectivity index (χ1n) is 6.07. The zero-order chi connectivity index (χ0) is 13.4. The molecular weight excluding hydrogens is 260 g/mol. The van der Waals surface area contributed by atoms with E-state index in [4.69, 9.17) is 17.3 Å². The third-order valence-electron chi connectivity index (χ3n) is 3.33. The van der Waals surface area contributed by atoms with Gasteiger partial charge in [0.25, 0.3) is 0 Å². The zero-order valence-corrected chi connectivity index (χ0v) is 11.0. The fourth-order valence-electron chi connectivity index (χ4n) is 2.36. The molecule has 2 aromatic carbocycles. The number of para-hydroxylation sites is 1. The van der Waals surface area contributed by atoms with Crippen molar-refractivity contribution in [2.45, 2.75) is 13.0 Å². The van der Waals surface area contributed by atoms with E-state index in [1.54, 1.807) is 11.0 Å². The van der Waals surface area contributed by atoms with E-state index in [1.807, 2.05) is 36.4 Å². The topological polar surface area (TPSA) is 46.3 Å². The van der Waals surface area contributed by atoms with Crippen LogP contribution in [0.15, 0.2) is 42.5 Å². The number of carbonyl (C=O) groups excluding carboxylic acids is 1. The SMILES string of the molecule is Nc1cc(CN2C(=O)Cc3ccccc32)ccc1Cl. The number of carbonyl (C=O) groups is 1.